The molecule has 0 amide bonds. The average Bonchev–Trinajstić information content (AvgIpc) is 2.58. The molecule has 0 spiro atoms. The second kappa shape index (κ2) is 7.47. The number of phenols is 1. The van der Waals surface area contributed by atoms with Gasteiger partial charge < -0.3 is 20.2 Å². The van der Waals surface area contributed by atoms with Crippen LogP contribution in [0.2, 0.25) is 10.0 Å². The first-order valence-electron chi connectivity index (χ1n) is 7.58. The fourth-order valence-corrected chi connectivity index (χ4v) is 3.42. The molecule has 0 aromatic heterocycles. The van der Waals surface area contributed by atoms with E-state index in [4.69, 9.17) is 35.4 Å². The summed E-state index contributed by atoms with van der Waals surface area (Å²) in [5, 5.41) is 14.9. The molecule has 1 aliphatic heterocycles. The maximum Gasteiger partial charge on any atom is 0.173 e. The van der Waals surface area contributed by atoms with Crippen LogP contribution in [0.25, 0.3) is 0 Å². The monoisotopic (exact) mass is 381 g/mol. The molecule has 0 bridgehead atoms. The van der Waals surface area contributed by atoms with Gasteiger partial charge in [-0.1, -0.05) is 35.3 Å². The summed E-state index contributed by atoms with van der Waals surface area (Å²) in [6.45, 7) is 3.11. The van der Waals surface area contributed by atoms with Gasteiger partial charge >= 0.3 is 0 Å². The zero-order valence-electron chi connectivity index (χ0n) is 12.9. The highest BCUT2D eigenvalue weighted by atomic mass is 35.5. The van der Waals surface area contributed by atoms with Crippen molar-refractivity contribution in [1.29, 1.82) is 0 Å². The van der Waals surface area contributed by atoms with Gasteiger partial charge in [-0.05, 0) is 42.5 Å². The van der Waals surface area contributed by atoms with Gasteiger partial charge in [-0.25, -0.2) is 0 Å². The number of nitrogens with one attached hydrogen (secondary N) is 1. The molecule has 0 atom stereocenters. The van der Waals surface area contributed by atoms with Crippen LogP contribution in [0.4, 0.5) is 11.4 Å². The van der Waals surface area contributed by atoms with E-state index in [9.17, 15) is 5.11 Å². The minimum absolute atomic E-state index is 0.305. The Morgan fingerprint density at radius 1 is 1.04 bits per heavy atom. The topological polar surface area (TPSA) is 38.7 Å². The van der Waals surface area contributed by atoms with E-state index in [-0.39, 0.29) is 0 Å². The Hall–Kier alpha value is -1.69. The van der Waals surface area contributed by atoms with Crippen LogP contribution in [0, 0.1) is 0 Å². The lowest BCUT2D eigenvalue weighted by Gasteiger charge is -2.37. The van der Waals surface area contributed by atoms with Crippen LogP contribution < -0.4 is 10.2 Å². The Labute approximate surface area is 156 Å². The molecule has 7 heteroatoms. The number of thiocarbonyl (C=S) groups is 1. The molecule has 0 saturated carbocycles. The van der Waals surface area contributed by atoms with Gasteiger partial charge in [-0.2, -0.15) is 0 Å². The molecule has 1 fully saturated rings. The fourth-order valence-electron chi connectivity index (χ4n) is 2.67. The Morgan fingerprint density at radius 3 is 2.42 bits per heavy atom. The van der Waals surface area contributed by atoms with Crippen molar-refractivity contribution in [2.75, 3.05) is 36.4 Å². The van der Waals surface area contributed by atoms with Crippen LogP contribution in [0.15, 0.2) is 42.5 Å². The number of phenolic OH excluding ortho intramolecular Hbond substituents is 1. The third kappa shape index (κ3) is 3.86. The molecule has 24 heavy (non-hydrogen) atoms. The van der Waals surface area contributed by atoms with Crippen molar-refractivity contribution < 1.29 is 5.11 Å². The van der Waals surface area contributed by atoms with E-state index in [2.05, 4.69) is 15.1 Å². The zero-order valence-corrected chi connectivity index (χ0v) is 15.2. The molecule has 0 radical (unpaired) electrons. The van der Waals surface area contributed by atoms with E-state index in [0.29, 0.717) is 20.9 Å². The maximum absolute atomic E-state index is 9.97. The molecule has 3 rings (SSSR count). The van der Waals surface area contributed by atoms with E-state index in [0.717, 1.165) is 37.6 Å². The van der Waals surface area contributed by atoms with E-state index in [1.165, 1.54) is 0 Å². The lowest BCUT2D eigenvalue weighted by molar-refractivity contribution is 0.387. The Bertz CT molecular complexity index is 748. The van der Waals surface area contributed by atoms with Crippen molar-refractivity contribution in [3.05, 3.63) is 52.5 Å². The van der Waals surface area contributed by atoms with Crippen molar-refractivity contribution >= 4 is 51.9 Å². The lowest BCUT2D eigenvalue weighted by Crippen LogP contribution is -2.50. The first-order valence-corrected chi connectivity index (χ1v) is 8.75. The molecule has 2 aromatic rings. The molecule has 0 unspecified atom stereocenters. The number of rotatable bonds is 2. The number of hydrogen-bond donors (Lipinski definition) is 2. The van der Waals surface area contributed by atoms with Crippen LogP contribution in [-0.4, -0.2) is 41.3 Å². The molecule has 1 aliphatic rings. The van der Waals surface area contributed by atoms with Gasteiger partial charge in [-0.15, -0.1) is 0 Å². The zero-order chi connectivity index (χ0) is 17.1. The predicted octanol–water partition coefficient (Wildman–Crippen LogP) is 4.22. The van der Waals surface area contributed by atoms with Crippen LogP contribution in [0.5, 0.6) is 5.75 Å². The highest BCUT2D eigenvalue weighted by molar-refractivity contribution is 7.80. The largest absolute Gasteiger partial charge is 0.506 e. The Balaban J connectivity index is 1.60. The summed E-state index contributed by atoms with van der Waals surface area (Å²) in [5.41, 5.74) is 1.60. The highest BCUT2D eigenvalue weighted by Gasteiger charge is 2.21. The van der Waals surface area contributed by atoms with Gasteiger partial charge in [-0.3, -0.25) is 0 Å². The third-order valence-electron chi connectivity index (χ3n) is 3.96. The maximum atomic E-state index is 9.97. The molecule has 2 aromatic carbocycles. The molecular formula is C17H17Cl2N3OS. The number of anilines is 2. The number of para-hydroxylation sites is 2. The number of hydrogen-bond acceptors (Lipinski definition) is 3. The Morgan fingerprint density at radius 2 is 1.75 bits per heavy atom. The SMILES string of the molecule is Oc1ccccc1N1CCN(C(=S)Nc2ccc(Cl)cc2Cl)CC1. The number of aromatic hydroxyl groups is 1. The van der Waals surface area contributed by atoms with Gasteiger partial charge in [0.1, 0.15) is 5.75 Å². The minimum Gasteiger partial charge on any atom is -0.506 e. The molecule has 4 nitrogen and oxygen atoms in total. The normalized spacial score (nSPS) is 14.6. The van der Waals surface area contributed by atoms with E-state index in [1.54, 1.807) is 18.2 Å². The average molecular weight is 382 g/mol. The summed E-state index contributed by atoms with van der Waals surface area (Å²) in [7, 11) is 0. The first kappa shape index (κ1) is 17.1. The van der Waals surface area contributed by atoms with Crippen LogP contribution in [0.3, 0.4) is 0 Å². The summed E-state index contributed by atoms with van der Waals surface area (Å²) >= 11 is 17.6. The molecule has 126 valence electrons. The number of benzene rings is 2. The fraction of sp³-hybridized carbons (Fsp3) is 0.235. The minimum atomic E-state index is 0.305. The quantitative estimate of drug-likeness (QED) is 0.761. The van der Waals surface area contributed by atoms with Gasteiger partial charge in [0.05, 0.1) is 16.4 Å². The Kier molecular flexibility index (Phi) is 5.33. The number of halogens is 2. The van der Waals surface area contributed by atoms with Crippen molar-refractivity contribution in [2.24, 2.45) is 0 Å². The van der Waals surface area contributed by atoms with E-state index < -0.39 is 0 Å². The van der Waals surface area contributed by atoms with Gasteiger partial charge in [0.15, 0.2) is 5.11 Å². The van der Waals surface area contributed by atoms with Crippen molar-refractivity contribution in [3.63, 3.8) is 0 Å². The second-order valence-corrected chi connectivity index (χ2v) is 6.75. The predicted molar refractivity (Wildman–Crippen MR) is 105 cm³/mol. The summed E-state index contributed by atoms with van der Waals surface area (Å²) in [5.74, 6) is 0.305. The van der Waals surface area contributed by atoms with E-state index in [1.807, 2.05) is 24.3 Å². The first-order chi connectivity index (χ1) is 11.5. The van der Waals surface area contributed by atoms with Crippen molar-refractivity contribution in [1.82, 2.24) is 4.90 Å². The molecule has 1 saturated heterocycles. The lowest BCUT2D eigenvalue weighted by atomic mass is 10.2. The number of nitrogens with zero attached hydrogens (tertiary/aromatic N) is 2. The molecule has 2 N–H and O–H groups in total. The summed E-state index contributed by atoms with van der Waals surface area (Å²) in [6, 6.07) is 12.7. The van der Waals surface area contributed by atoms with Crippen LogP contribution in [-0.2, 0) is 0 Å². The van der Waals surface area contributed by atoms with Crippen LogP contribution >= 0.6 is 35.4 Å². The molecule has 0 aliphatic carbocycles. The molecule has 1 heterocycles. The van der Waals surface area contributed by atoms with E-state index >= 15 is 0 Å². The van der Waals surface area contributed by atoms with Crippen LogP contribution in [0.1, 0.15) is 0 Å². The molecular weight excluding hydrogens is 365 g/mol. The highest BCUT2D eigenvalue weighted by Crippen LogP contribution is 2.28. The number of piperazine rings is 1. The summed E-state index contributed by atoms with van der Waals surface area (Å²) < 4.78 is 0. The van der Waals surface area contributed by atoms with Gasteiger partial charge in [0.2, 0.25) is 0 Å². The second-order valence-electron chi connectivity index (χ2n) is 5.52. The van der Waals surface area contributed by atoms with Gasteiger partial charge in [0, 0.05) is 31.2 Å². The smallest absolute Gasteiger partial charge is 0.173 e. The third-order valence-corrected chi connectivity index (χ3v) is 4.87. The van der Waals surface area contributed by atoms with Crippen molar-refractivity contribution in [3.8, 4) is 5.75 Å². The summed E-state index contributed by atoms with van der Waals surface area (Å²) in [6.07, 6.45) is 0. The summed E-state index contributed by atoms with van der Waals surface area (Å²) in [4.78, 5) is 4.25. The van der Waals surface area contributed by atoms with Gasteiger partial charge in [0.25, 0.3) is 0 Å². The standard InChI is InChI=1S/C17H17Cl2N3OS/c18-12-5-6-14(13(19)11-12)20-17(24)22-9-7-21(8-10-22)15-3-1-2-4-16(15)23/h1-6,11,23H,7-10H2,(H,20,24). The van der Waals surface area contributed by atoms with Crippen molar-refractivity contribution in [2.45, 2.75) is 0 Å².